The van der Waals surface area contributed by atoms with E-state index in [1.54, 1.807) is 0 Å². The summed E-state index contributed by atoms with van der Waals surface area (Å²) in [5, 5.41) is 1.63. The van der Waals surface area contributed by atoms with Crippen LogP contribution in [0.1, 0.15) is 80.0 Å². The van der Waals surface area contributed by atoms with Crippen molar-refractivity contribution in [3.05, 3.63) is 95.3 Å². The van der Waals surface area contributed by atoms with Gasteiger partial charge in [0.1, 0.15) is 5.82 Å². The van der Waals surface area contributed by atoms with Crippen LogP contribution < -0.4 is 0 Å². The Labute approximate surface area is 192 Å². The molecule has 0 saturated heterocycles. The van der Waals surface area contributed by atoms with Gasteiger partial charge in [-0.25, -0.2) is 4.39 Å². The fourth-order valence-electron chi connectivity index (χ4n) is 4.93. The van der Waals surface area contributed by atoms with Crippen LogP contribution in [0.4, 0.5) is 4.39 Å². The summed E-state index contributed by atoms with van der Waals surface area (Å²) < 4.78 is 15.4. The maximum absolute atomic E-state index is 15.4. The van der Waals surface area contributed by atoms with Gasteiger partial charge in [0.25, 0.3) is 0 Å². The van der Waals surface area contributed by atoms with E-state index in [2.05, 4.69) is 55.7 Å². The molecular weight excluding hydrogens is 391 g/mol. The predicted octanol–water partition coefficient (Wildman–Crippen LogP) is 8.57. The molecule has 0 atom stereocenters. The number of aryl methyl sites for hydroxylation is 1. The van der Waals surface area contributed by atoms with Gasteiger partial charge in [-0.05, 0) is 97.6 Å². The number of halogens is 1. The fraction of sp³-hybridized carbons (Fsp3) is 0.355. The summed E-state index contributed by atoms with van der Waals surface area (Å²) in [5.41, 5.74) is 4.18. The molecule has 0 unspecified atom stereocenters. The third-order valence-corrected chi connectivity index (χ3v) is 6.89. The SMILES string of the molecule is C=CCC1CCC(c2ccc3cc(C#Cc4ccc(CCCC)cc4)ccc3c2F)CC1. The molecule has 1 heteroatoms. The van der Waals surface area contributed by atoms with Gasteiger partial charge in [0.15, 0.2) is 0 Å². The normalized spacial score (nSPS) is 18.2. The lowest BCUT2D eigenvalue weighted by atomic mass is 9.77. The van der Waals surface area contributed by atoms with Gasteiger partial charge in [-0.3, -0.25) is 0 Å². The van der Waals surface area contributed by atoms with Crippen LogP contribution in [0.15, 0.2) is 67.3 Å². The fourth-order valence-corrected chi connectivity index (χ4v) is 4.93. The van der Waals surface area contributed by atoms with Crippen molar-refractivity contribution in [1.29, 1.82) is 0 Å². The lowest BCUT2D eigenvalue weighted by molar-refractivity contribution is 0.324. The van der Waals surface area contributed by atoms with Crippen LogP contribution in [0.25, 0.3) is 10.8 Å². The van der Waals surface area contributed by atoms with Gasteiger partial charge < -0.3 is 0 Å². The standard InChI is InChI=1S/C31H33F/c1-3-5-7-24-8-10-25(11-9-24)12-13-26-16-20-30-28(22-26)19-21-29(31(30)32)27-17-14-23(6-4-2)15-18-27/h4,8-11,16,19-23,27H,2-3,5-7,14-15,17-18H2,1H3. The van der Waals surface area contributed by atoms with Crippen molar-refractivity contribution in [2.24, 2.45) is 5.92 Å². The van der Waals surface area contributed by atoms with Crippen LogP contribution in [-0.2, 0) is 6.42 Å². The maximum atomic E-state index is 15.4. The predicted molar refractivity (Wildman–Crippen MR) is 134 cm³/mol. The van der Waals surface area contributed by atoms with Gasteiger partial charge in [0.2, 0.25) is 0 Å². The minimum absolute atomic E-state index is 0.0446. The van der Waals surface area contributed by atoms with E-state index in [0.717, 1.165) is 53.7 Å². The summed E-state index contributed by atoms with van der Waals surface area (Å²) >= 11 is 0. The molecule has 0 N–H and O–H groups in total. The molecule has 0 radical (unpaired) electrons. The van der Waals surface area contributed by atoms with Crippen molar-refractivity contribution >= 4 is 10.8 Å². The molecule has 1 aliphatic carbocycles. The highest BCUT2D eigenvalue weighted by atomic mass is 19.1. The zero-order chi connectivity index (χ0) is 22.3. The molecule has 0 spiro atoms. The molecule has 1 fully saturated rings. The number of hydrogen-bond acceptors (Lipinski definition) is 0. The van der Waals surface area contributed by atoms with E-state index in [0.29, 0.717) is 11.3 Å². The average Bonchev–Trinajstić information content (AvgIpc) is 2.83. The number of hydrogen-bond donors (Lipinski definition) is 0. The molecule has 1 aliphatic rings. The second kappa shape index (κ2) is 10.6. The lowest BCUT2D eigenvalue weighted by Crippen LogP contribution is -2.14. The van der Waals surface area contributed by atoms with E-state index >= 15 is 4.39 Å². The highest BCUT2D eigenvalue weighted by Crippen LogP contribution is 2.39. The molecule has 4 rings (SSSR count). The van der Waals surface area contributed by atoms with Crippen molar-refractivity contribution in [2.45, 2.75) is 64.2 Å². The molecule has 0 aromatic heterocycles. The van der Waals surface area contributed by atoms with Crippen LogP contribution in [0.5, 0.6) is 0 Å². The van der Waals surface area contributed by atoms with Crippen LogP contribution in [0, 0.1) is 23.6 Å². The summed E-state index contributed by atoms with van der Waals surface area (Å²) in [5.74, 6) is 7.51. The number of unbranched alkanes of at least 4 members (excludes halogenated alkanes) is 1. The van der Waals surface area contributed by atoms with Crippen molar-refractivity contribution < 1.29 is 4.39 Å². The first-order valence-electron chi connectivity index (χ1n) is 12.1. The van der Waals surface area contributed by atoms with Crippen LogP contribution in [-0.4, -0.2) is 0 Å². The summed E-state index contributed by atoms with van der Waals surface area (Å²) in [4.78, 5) is 0. The Morgan fingerprint density at radius 3 is 2.38 bits per heavy atom. The first-order chi connectivity index (χ1) is 15.7. The molecule has 164 valence electrons. The van der Waals surface area contributed by atoms with Crippen molar-refractivity contribution in [1.82, 2.24) is 0 Å². The lowest BCUT2D eigenvalue weighted by Gasteiger charge is -2.28. The number of allylic oxidation sites excluding steroid dienone is 1. The Bertz CT molecular complexity index is 1120. The Hall–Kier alpha value is -2.85. The first-order valence-corrected chi connectivity index (χ1v) is 12.1. The zero-order valence-corrected chi connectivity index (χ0v) is 19.2. The van der Waals surface area contributed by atoms with Crippen LogP contribution in [0.2, 0.25) is 0 Å². The number of fused-ring (bicyclic) bond motifs is 1. The summed E-state index contributed by atoms with van der Waals surface area (Å²) in [6.07, 6.45) is 11.1. The summed E-state index contributed by atoms with van der Waals surface area (Å²) in [6.45, 7) is 6.08. The largest absolute Gasteiger partial charge is 0.206 e. The van der Waals surface area contributed by atoms with E-state index in [-0.39, 0.29) is 5.82 Å². The molecule has 0 nitrogen and oxygen atoms in total. The van der Waals surface area contributed by atoms with Crippen molar-refractivity contribution in [3.63, 3.8) is 0 Å². The van der Waals surface area contributed by atoms with Crippen LogP contribution in [0.3, 0.4) is 0 Å². The van der Waals surface area contributed by atoms with Gasteiger partial charge in [0.05, 0.1) is 0 Å². The minimum Gasteiger partial charge on any atom is -0.206 e. The molecule has 32 heavy (non-hydrogen) atoms. The Morgan fingerprint density at radius 1 is 0.938 bits per heavy atom. The maximum Gasteiger partial charge on any atom is 0.134 e. The monoisotopic (exact) mass is 424 g/mol. The number of rotatable bonds is 6. The smallest absolute Gasteiger partial charge is 0.134 e. The average molecular weight is 425 g/mol. The Balaban J connectivity index is 1.49. The highest BCUT2D eigenvalue weighted by molar-refractivity contribution is 5.85. The van der Waals surface area contributed by atoms with Gasteiger partial charge in [-0.1, -0.05) is 61.6 Å². The molecular formula is C31H33F. The third kappa shape index (κ3) is 5.31. The Morgan fingerprint density at radius 2 is 1.66 bits per heavy atom. The second-order valence-corrected chi connectivity index (χ2v) is 9.20. The van der Waals surface area contributed by atoms with Crippen molar-refractivity contribution in [3.8, 4) is 11.8 Å². The van der Waals surface area contributed by atoms with E-state index < -0.39 is 0 Å². The minimum atomic E-state index is -0.0446. The van der Waals surface area contributed by atoms with Crippen molar-refractivity contribution in [2.75, 3.05) is 0 Å². The highest BCUT2D eigenvalue weighted by Gasteiger charge is 2.24. The van der Waals surface area contributed by atoms with Gasteiger partial charge in [-0.15, -0.1) is 6.58 Å². The molecule has 0 heterocycles. The van der Waals surface area contributed by atoms with E-state index in [9.17, 15) is 0 Å². The molecule has 3 aromatic rings. The zero-order valence-electron chi connectivity index (χ0n) is 19.2. The van der Waals surface area contributed by atoms with Gasteiger partial charge >= 0.3 is 0 Å². The number of benzene rings is 3. The quantitative estimate of drug-likeness (QED) is 0.274. The Kier molecular flexibility index (Phi) is 7.43. The third-order valence-electron chi connectivity index (χ3n) is 6.89. The topological polar surface area (TPSA) is 0 Å². The molecule has 1 saturated carbocycles. The molecule has 3 aromatic carbocycles. The second-order valence-electron chi connectivity index (χ2n) is 9.20. The van der Waals surface area contributed by atoms with Crippen LogP contribution >= 0.6 is 0 Å². The van der Waals surface area contributed by atoms with Gasteiger partial charge in [0, 0.05) is 16.5 Å². The molecule has 0 amide bonds. The molecule has 0 aliphatic heterocycles. The van der Waals surface area contributed by atoms with Gasteiger partial charge in [-0.2, -0.15) is 0 Å². The first kappa shape index (κ1) is 22.3. The van der Waals surface area contributed by atoms with E-state index in [1.165, 1.54) is 31.2 Å². The molecule has 0 bridgehead atoms. The van der Waals surface area contributed by atoms with E-state index in [1.807, 2.05) is 30.3 Å². The summed E-state index contributed by atoms with van der Waals surface area (Å²) in [7, 11) is 0. The van der Waals surface area contributed by atoms with E-state index in [4.69, 9.17) is 0 Å². The summed E-state index contributed by atoms with van der Waals surface area (Å²) in [6, 6.07) is 18.4.